The van der Waals surface area contributed by atoms with Crippen LogP contribution in [0.15, 0.2) is 6.07 Å². The van der Waals surface area contributed by atoms with E-state index >= 15 is 0 Å². The second-order valence-corrected chi connectivity index (χ2v) is 2.45. The molecule has 4 nitrogen and oxygen atoms in total. The number of carbonyl (C=O) groups excluding carboxylic acids is 1. The Bertz CT molecular complexity index is 300. The van der Waals surface area contributed by atoms with Gasteiger partial charge in [-0.2, -0.15) is 0 Å². The number of amides is 1. The first-order valence-corrected chi connectivity index (χ1v) is 3.28. The van der Waals surface area contributed by atoms with E-state index in [0.29, 0.717) is 5.56 Å². The molecule has 1 aromatic heterocycles. The maximum absolute atomic E-state index is 10.6. The number of aryl methyl sites for hydroxylation is 1. The molecule has 2 N–H and O–H groups in total. The summed E-state index contributed by atoms with van der Waals surface area (Å²) in [6, 6.07) is 1.54. The maximum atomic E-state index is 10.6. The van der Waals surface area contributed by atoms with Gasteiger partial charge in [-0.15, -0.1) is 10.2 Å². The maximum Gasteiger partial charge on any atom is 0.269 e. The molecule has 0 aromatic carbocycles. The molecule has 1 heterocycles. The highest BCUT2D eigenvalue weighted by molar-refractivity contribution is 6.29. The Morgan fingerprint density at radius 3 is 2.73 bits per heavy atom. The van der Waals surface area contributed by atoms with Crippen molar-refractivity contribution in [2.24, 2.45) is 5.73 Å². The SMILES string of the molecule is Cc1cc(Cl)nnc1C(N)=O. The summed E-state index contributed by atoms with van der Waals surface area (Å²) in [7, 11) is 0. The van der Waals surface area contributed by atoms with Crippen molar-refractivity contribution in [3.63, 3.8) is 0 Å². The third-order valence-corrected chi connectivity index (χ3v) is 1.37. The lowest BCUT2D eigenvalue weighted by atomic mass is 10.2. The van der Waals surface area contributed by atoms with Crippen molar-refractivity contribution in [2.75, 3.05) is 0 Å². The fraction of sp³-hybridized carbons (Fsp3) is 0.167. The second kappa shape index (κ2) is 2.84. The third kappa shape index (κ3) is 1.65. The molecule has 0 saturated heterocycles. The van der Waals surface area contributed by atoms with Crippen molar-refractivity contribution in [3.05, 3.63) is 22.5 Å². The number of hydrogen-bond donors (Lipinski definition) is 1. The molecule has 0 aliphatic rings. The number of halogens is 1. The third-order valence-electron chi connectivity index (χ3n) is 1.19. The van der Waals surface area contributed by atoms with Gasteiger partial charge in [0.15, 0.2) is 10.8 Å². The molecular weight excluding hydrogens is 166 g/mol. The van der Waals surface area contributed by atoms with Crippen molar-refractivity contribution in [1.29, 1.82) is 0 Å². The Kier molecular flexibility index (Phi) is 2.05. The summed E-state index contributed by atoms with van der Waals surface area (Å²) in [6.07, 6.45) is 0. The van der Waals surface area contributed by atoms with Crippen LogP contribution in [0.1, 0.15) is 16.1 Å². The van der Waals surface area contributed by atoms with Crippen molar-refractivity contribution < 1.29 is 4.79 Å². The average molecular weight is 172 g/mol. The summed E-state index contributed by atoms with van der Waals surface area (Å²) in [5.41, 5.74) is 5.78. The largest absolute Gasteiger partial charge is 0.364 e. The van der Waals surface area contributed by atoms with E-state index in [2.05, 4.69) is 10.2 Å². The van der Waals surface area contributed by atoms with Gasteiger partial charge in [0.05, 0.1) is 0 Å². The van der Waals surface area contributed by atoms with Crippen LogP contribution < -0.4 is 5.73 Å². The highest BCUT2D eigenvalue weighted by atomic mass is 35.5. The Labute approximate surface area is 68.4 Å². The molecule has 1 amide bonds. The van der Waals surface area contributed by atoms with Crippen molar-refractivity contribution in [3.8, 4) is 0 Å². The van der Waals surface area contributed by atoms with Gasteiger partial charge in [0.2, 0.25) is 0 Å². The summed E-state index contributed by atoms with van der Waals surface area (Å²) in [6.45, 7) is 1.70. The predicted octanol–water partition coefficient (Wildman–Crippen LogP) is 0.537. The quantitative estimate of drug-likeness (QED) is 0.671. The van der Waals surface area contributed by atoms with Crippen molar-refractivity contribution >= 4 is 17.5 Å². The fourth-order valence-corrected chi connectivity index (χ4v) is 0.898. The van der Waals surface area contributed by atoms with Crippen LogP contribution in [-0.2, 0) is 0 Å². The predicted molar refractivity (Wildman–Crippen MR) is 40.3 cm³/mol. The zero-order chi connectivity index (χ0) is 8.43. The van der Waals surface area contributed by atoms with Gasteiger partial charge < -0.3 is 5.73 Å². The van der Waals surface area contributed by atoms with Gasteiger partial charge in [-0.3, -0.25) is 4.79 Å². The number of nitrogens with two attached hydrogens (primary N) is 1. The van der Waals surface area contributed by atoms with Gasteiger partial charge in [-0.05, 0) is 18.6 Å². The summed E-state index contributed by atoms with van der Waals surface area (Å²) in [5.74, 6) is -0.591. The molecule has 1 aromatic rings. The van der Waals surface area contributed by atoms with E-state index in [1.54, 1.807) is 6.92 Å². The van der Waals surface area contributed by atoms with Crippen LogP contribution in [0, 0.1) is 6.92 Å². The number of hydrogen-bond acceptors (Lipinski definition) is 3. The van der Waals surface area contributed by atoms with Crippen LogP contribution >= 0.6 is 11.6 Å². The molecule has 0 atom stereocenters. The lowest BCUT2D eigenvalue weighted by Gasteiger charge is -1.97. The second-order valence-electron chi connectivity index (χ2n) is 2.06. The van der Waals surface area contributed by atoms with E-state index in [-0.39, 0.29) is 10.8 Å². The van der Waals surface area contributed by atoms with Crippen LogP contribution in [-0.4, -0.2) is 16.1 Å². The molecule has 0 radical (unpaired) electrons. The van der Waals surface area contributed by atoms with E-state index in [1.807, 2.05) is 0 Å². The topological polar surface area (TPSA) is 68.9 Å². The Morgan fingerprint density at radius 1 is 1.64 bits per heavy atom. The molecule has 58 valence electrons. The van der Waals surface area contributed by atoms with Gasteiger partial charge >= 0.3 is 0 Å². The zero-order valence-electron chi connectivity index (χ0n) is 5.84. The monoisotopic (exact) mass is 171 g/mol. The highest BCUT2D eigenvalue weighted by Gasteiger charge is 2.06. The highest BCUT2D eigenvalue weighted by Crippen LogP contribution is 2.07. The molecule has 0 spiro atoms. The number of nitrogens with zero attached hydrogens (tertiary/aromatic N) is 2. The van der Waals surface area contributed by atoms with Crippen LogP contribution in [0.3, 0.4) is 0 Å². The Balaban J connectivity index is 3.20. The Hall–Kier alpha value is -1.16. The molecule has 0 aliphatic heterocycles. The van der Waals surface area contributed by atoms with Gasteiger partial charge in [-0.1, -0.05) is 11.6 Å². The minimum atomic E-state index is -0.591. The van der Waals surface area contributed by atoms with Gasteiger partial charge in [0, 0.05) is 0 Å². The first-order valence-electron chi connectivity index (χ1n) is 2.91. The standard InChI is InChI=1S/C6H6ClN3O/c1-3-2-4(7)9-10-5(3)6(8)11/h2H,1H3,(H2,8,11). The number of aromatic nitrogens is 2. The van der Waals surface area contributed by atoms with E-state index < -0.39 is 5.91 Å². The van der Waals surface area contributed by atoms with Gasteiger partial charge in [0.1, 0.15) is 0 Å². The minimum Gasteiger partial charge on any atom is -0.364 e. The molecule has 0 fully saturated rings. The fourth-order valence-electron chi connectivity index (χ4n) is 0.696. The summed E-state index contributed by atoms with van der Waals surface area (Å²) in [5, 5.41) is 7.25. The molecule has 0 saturated carbocycles. The van der Waals surface area contributed by atoms with Crippen molar-refractivity contribution in [2.45, 2.75) is 6.92 Å². The van der Waals surface area contributed by atoms with Gasteiger partial charge in [-0.25, -0.2) is 0 Å². The molecule has 0 aliphatic carbocycles. The van der Waals surface area contributed by atoms with E-state index in [4.69, 9.17) is 17.3 Å². The van der Waals surface area contributed by atoms with Crippen LogP contribution in [0.2, 0.25) is 5.15 Å². The average Bonchev–Trinajstić information content (AvgIpc) is 1.85. The smallest absolute Gasteiger partial charge is 0.269 e. The number of primary amides is 1. The molecule has 1 rings (SSSR count). The van der Waals surface area contributed by atoms with E-state index in [1.165, 1.54) is 6.07 Å². The first-order chi connectivity index (χ1) is 5.11. The normalized spacial score (nSPS) is 9.64. The van der Waals surface area contributed by atoms with Crippen molar-refractivity contribution in [1.82, 2.24) is 10.2 Å². The minimum absolute atomic E-state index is 0.161. The van der Waals surface area contributed by atoms with Crippen LogP contribution in [0.4, 0.5) is 0 Å². The molecule has 0 bridgehead atoms. The summed E-state index contributed by atoms with van der Waals surface area (Å²) in [4.78, 5) is 10.6. The van der Waals surface area contributed by atoms with E-state index in [0.717, 1.165) is 0 Å². The lowest BCUT2D eigenvalue weighted by Crippen LogP contribution is -2.15. The van der Waals surface area contributed by atoms with Gasteiger partial charge in [0.25, 0.3) is 5.91 Å². The Morgan fingerprint density at radius 2 is 2.27 bits per heavy atom. The zero-order valence-corrected chi connectivity index (χ0v) is 6.59. The molecule has 0 unspecified atom stereocenters. The van der Waals surface area contributed by atoms with Crippen LogP contribution in [0.5, 0.6) is 0 Å². The lowest BCUT2D eigenvalue weighted by molar-refractivity contribution is 0.0994. The molecule has 5 heteroatoms. The van der Waals surface area contributed by atoms with E-state index in [9.17, 15) is 4.79 Å². The first kappa shape index (κ1) is 7.94. The molecule has 11 heavy (non-hydrogen) atoms. The summed E-state index contributed by atoms with van der Waals surface area (Å²) < 4.78 is 0. The number of rotatable bonds is 1. The summed E-state index contributed by atoms with van der Waals surface area (Å²) >= 11 is 5.50. The number of carbonyl (C=O) groups is 1. The molecular formula is C6H6ClN3O. The van der Waals surface area contributed by atoms with Crippen LogP contribution in [0.25, 0.3) is 0 Å².